The predicted molar refractivity (Wildman–Crippen MR) is 100 cm³/mol. The van der Waals surface area contributed by atoms with E-state index in [1.54, 1.807) is 24.3 Å². The molecule has 2 N–H and O–H groups in total. The Bertz CT molecular complexity index is 774. The molecule has 2 aromatic rings. The lowest BCUT2D eigenvalue weighted by atomic mass is 10.0. The fourth-order valence-electron chi connectivity index (χ4n) is 2.73. The maximum absolute atomic E-state index is 13.3. The van der Waals surface area contributed by atoms with Crippen LogP contribution in [0.25, 0.3) is 0 Å². The van der Waals surface area contributed by atoms with Gasteiger partial charge in [-0.2, -0.15) is 0 Å². The van der Waals surface area contributed by atoms with Gasteiger partial charge in [0, 0.05) is 12.1 Å². The van der Waals surface area contributed by atoms with Gasteiger partial charge in [-0.05, 0) is 48.6 Å². The largest absolute Gasteiger partial charge is 0.350 e. The Kier molecular flexibility index (Phi) is 6.89. The Balaban J connectivity index is 2.04. The van der Waals surface area contributed by atoms with Crippen molar-refractivity contribution in [2.24, 2.45) is 5.92 Å². The van der Waals surface area contributed by atoms with E-state index in [-0.39, 0.29) is 30.1 Å². The van der Waals surface area contributed by atoms with Crippen molar-refractivity contribution in [2.45, 2.75) is 39.8 Å². The lowest BCUT2D eigenvalue weighted by Crippen LogP contribution is -2.47. The highest BCUT2D eigenvalue weighted by atomic mass is 19.1. The molecule has 4 nitrogen and oxygen atoms in total. The SMILES string of the molecule is Cc1ccccc1C(=O)NC(CC(C)C)C(=O)NCc1cccc(F)c1. The standard InChI is InChI=1S/C21H25FN2O2/c1-14(2)11-19(24-20(25)18-10-5-4-7-15(18)3)21(26)23-13-16-8-6-9-17(22)12-16/h4-10,12,14,19H,11,13H2,1-3H3,(H,23,26)(H,24,25). The molecular formula is C21H25FN2O2. The Morgan fingerprint density at radius 2 is 1.81 bits per heavy atom. The van der Waals surface area contributed by atoms with E-state index in [0.29, 0.717) is 17.5 Å². The van der Waals surface area contributed by atoms with E-state index in [2.05, 4.69) is 10.6 Å². The van der Waals surface area contributed by atoms with Gasteiger partial charge in [0.05, 0.1) is 0 Å². The lowest BCUT2D eigenvalue weighted by molar-refractivity contribution is -0.123. The van der Waals surface area contributed by atoms with Crippen LogP contribution in [0.3, 0.4) is 0 Å². The summed E-state index contributed by atoms with van der Waals surface area (Å²) in [5.74, 6) is -0.653. The summed E-state index contributed by atoms with van der Waals surface area (Å²) in [6.07, 6.45) is 0.520. The molecule has 0 fully saturated rings. The minimum absolute atomic E-state index is 0.214. The second-order valence-corrected chi connectivity index (χ2v) is 6.82. The number of hydrogen-bond donors (Lipinski definition) is 2. The van der Waals surface area contributed by atoms with Gasteiger partial charge in [-0.3, -0.25) is 9.59 Å². The van der Waals surface area contributed by atoms with Crippen molar-refractivity contribution in [3.8, 4) is 0 Å². The van der Waals surface area contributed by atoms with Crippen molar-refractivity contribution in [3.63, 3.8) is 0 Å². The topological polar surface area (TPSA) is 58.2 Å². The van der Waals surface area contributed by atoms with Gasteiger partial charge in [-0.25, -0.2) is 4.39 Å². The van der Waals surface area contributed by atoms with Crippen LogP contribution in [-0.2, 0) is 11.3 Å². The third-order valence-electron chi connectivity index (χ3n) is 4.07. The Morgan fingerprint density at radius 3 is 2.46 bits per heavy atom. The number of nitrogens with one attached hydrogen (secondary N) is 2. The molecule has 26 heavy (non-hydrogen) atoms. The molecule has 0 heterocycles. The highest BCUT2D eigenvalue weighted by Gasteiger charge is 2.23. The molecule has 0 saturated heterocycles. The Labute approximate surface area is 153 Å². The highest BCUT2D eigenvalue weighted by molar-refractivity contribution is 5.98. The molecule has 0 aliphatic rings. The fraction of sp³-hybridized carbons (Fsp3) is 0.333. The van der Waals surface area contributed by atoms with Gasteiger partial charge in [0.25, 0.3) is 5.91 Å². The van der Waals surface area contributed by atoms with E-state index in [1.165, 1.54) is 12.1 Å². The van der Waals surface area contributed by atoms with Crippen LogP contribution < -0.4 is 10.6 Å². The van der Waals surface area contributed by atoms with Crippen LogP contribution in [0.1, 0.15) is 41.8 Å². The zero-order valence-electron chi connectivity index (χ0n) is 15.4. The van der Waals surface area contributed by atoms with Crippen LogP contribution in [0, 0.1) is 18.7 Å². The van der Waals surface area contributed by atoms with Gasteiger partial charge >= 0.3 is 0 Å². The first-order chi connectivity index (χ1) is 12.4. The maximum atomic E-state index is 13.3. The average molecular weight is 356 g/mol. The van der Waals surface area contributed by atoms with Crippen molar-refractivity contribution in [2.75, 3.05) is 0 Å². The molecule has 2 amide bonds. The van der Waals surface area contributed by atoms with Crippen LogP contribution in [0.15, 0.2) is 48.5 Å². The maximum Gasteiger partial charge on any atom is 0.252 e. The first-order valence-electron chi connectivity index (χ1n) is 8.75. The molecule has 138 valence electrons. The Hall–Kier alpha value is -2.69. The number of rotatable bonds is 7. The molecule has 2 rings (SSSR count). The molecule has 2 aromatic carbocycles. The molecule has 0 aliphatic heterocycles. The van der Waals surface area contributed by atoms with Crippen molar-refractivity contribution in [1.29, 1.82) is 0 Å². The van der Waals surface area contributed by atoms with Crippen molar-refractivity contribution in [3.05, 3.63) is 71.0 Å². The van der Waals surface area contributed by atoms with Crippen LogP contribution in [0.2, 0.25) is 0 Å². The van der Waals surface area contributed by atoms with E-state index >= 15 is 0 Å². The van der Waals surface area contributed by atoms with Crippen LogP contribution in [0.4, 0.5) is 4.39 Å². The first kappa shape index (κ1) is 19.6. The van der Waals surface area contributed by atoms with E-state index in [4.69, 9.17) is 0 Å². The molecule has 1 unspecified atom stereocenters. The third kappa shape index (κ3) is 5.69. The zero-order valence-corrected chi connectivity index (χ0v) is 15.4. The van der Waals surface area contributed by atoms with Gasteiger partial charge in [0.1, 0.15) is 11.9 Å². The molecule has 5 heteroatoms. The van der Waals surface area contributed by atoms with Gasteiger partial charge in [-0.15, -0.1) is 0 Å². The molecule has 0 spiro atoms. The smallest absolute Gasteiger partial charge is 0.252 e. The molecular weight excluding hydrogens is 331 g/mol. The number of carbonyl (C=O) groups is 2. The summed E-state index contributed by atoms with van der Waals surface area (Å²) in [5, 5.41) is 5.61. The van der Waals surface area contributed by atoms with Gasteiger partial charge in [-0.1, -0.05) is 44.2 Å². The quantitative estimate of drug-likeness (QED) is 0.796. The number of halogens is 1. The summed E-state index contributed by atoms with van der Waals surface area (Å²) in [4.78, 5) is 25.1. The first-order valence-corrected chi connectivity index (χ1v) is 8.75. The van der Waals surface area contributed by atoms with Gasteiger partial charge < -0.3 is 10.6 Å². The van der Waals surface area contributed by atoms with Crippen molar-refractivity contribution < 1.29 is 14.0 Å². The fourth-order valence-corrected chi connectivity index (χ4v) is 2.73. The van der Waals surface area contributed by atoms with Crippen molar-refractivity contribution in [1.82, 2.24) is 10.6 Å². The number of hydrogen-bond acceptors (Lipinski definition) is 2. The molecule has 0 aromatic heterocycles. The average Bonchev–Trinajstić information content (AvgIpc) is 2.59. The number of amides is 2. The normalized spacial score (nSPS) is 11.9. The van der Waals surface area contributed by atoms with E-state index < -0.39 is 6.04 Å². The minimum atomic E-state index is -0.643. The summed E-state index contributed by atoms with van der Waals surface area (Å²) < 4.78 is 13.3. The predicted octanol–water partition coefficient (Wildman–Crippen LogP) is 3.60. The monoisotopic (exact) mass is 356 g/mol. The van der Waals surface area contributed by atoms with E-state index in [0.717, 1.165) is 5.56 Å². The summed E-state index contributed by atoms with van der Waals surface area (Å²) in [5.41, 5.74) is 2.08. The Morgan fingerprint density at radius 1 is 1.08 bits per heavy atom. The number of benzene rings is 2. The van der Waals surface area contributed by atoms with Gasteiger partial charge in [0.2, 0.25) is 5.91 Å². The number of carbonyl (C=O) groups excluding carboxylic acids is 2. The minimum Gasteiger partial charge on any atom is -0.350 e. The molecule has 1 atom stereocenters. The zero-order chi connectivity index (χ0) is 19.1. The summed E-state index contributed by atoms with van der Waals surface area (Å²) >= 11 is 0. The van der Waals surface area contributed by atoms with Crippen LogP contribution in [0.5, 0.6) is 0 Å². The van der Waals surface area contributed by atoms with Crippen molar-refractivity contribution >= 4 is 11.8 Å². The van der Waals surface area contributed by atoms with E-state index in [9.17, 15) is 14.0 Å². The summed E-state index contributed by atoms with van der Waals surface area (Å²) in [6.45, 7) is 6.06. The number of aryl methyl sites for hydroxylation is 1. The second kappa shape index (κ2) is 9.13. The summed E-state index contributed by atoms with van der Waals surface area (Å²) in [6, 6.07) is 12.7. The van der Waals surface area contributed by atoms with Gasteiger partial charge in [0.15, 0.2) is 0 Å². The highest BCUT2D eigenvalue weighted by Crippen LogP contribution is 2.10. The molecule has 0 radical (unpaired) electrons. The molecule has 0 aliphatic carbocycles. The van der Waals surface area contributed by atoms with Crippen LogP contribution in [-0.4, -0.2) is 17.9 Å². The third-order valence-corrected chi connectivity index (χ3v) is 4.07. The van der Waals surface area contributed by atoms with Crippen LogP contribution >= 0.6 is 0 Å². The van der Waals surface area contributed by atoms with E-state index in [1.807, 2.05) is 32.9 Å². The summed E-state index contributed by atoms with van der Waals surface area (Å²) in [7, 11) is 0. The lowest BCUT2D eigenvalue weighted by Gasteiger charge is -2.21. The molecule has 0 bridgehead atoms. The molecule has 0 saturated carbocycles. The second-order valence-electron chi connectivity index (χ2n) is 6.82.